The first-order valence-corrected chi connectivity index (χ1v) is 30.4. The van der Waals surface area contributed by atoms with Gasteiger partial charge in [0.25, 0.3) is 0 Å². The zero-order valence-electron chi connectivity index (χ0n) is 47.0. The Morgan fingerprint density at radius 1 is 0.282 bits per heavy atom. The monoisotopic (exact) mass is 991 g/mol. The third-order valence-corrected chi connectivity index (χ3v) is 13.2. The van der Waals surface area contributed by atoms with Crippen LogP contribution in [0.4, 0.5) is 0 Å². The third kappa shape index (κ3) is 57.6. The van der Waals surface area contributed by atoms with E-state index < -0.39 is 6.10 Å². The largest absolute Gasteiger partial charge is 0.462 e. The zero-order chi connectivity index (χ0) is 51.4. The highest BCUT2D eigenvalue weighted by Gasteiger charge is 2.19. The lowest BCUT2D eigenvalue weighted by atomic mass is 10.1. The molecule has 0 aliphatic carbocycles. The van der Waals surface area contributed by atoms with Crippen molar-refractivity contribution in [3.8, 4) is 0 Å². The van der Waals surface area contributed by atoms with E-state index >= 15 is 0 Å². The number of carbonyl (C=O) groups excluding carboxylic acids is 3. The zero-order valence-corrected chi connectivity index (χ0v) is 47.0. The summed E-state index contributed by atoms with van der Waals surface area (Å²) < 4.78 is 16.9. The second kappa shape index (κ2) is 59.4. The van der Waals surface area contributed by atoms with Crippen molar-refractivity contribution < 1.29 is 28.6 Å². The summed E-state index contributed by atoms with van der Waals surface area (Å²) in [5.74, 6) is -0.913. The van der Waals surface area contributed by atoms with Crippen LogP contribution < -0.4 is 0 Å². The standard InChI is InChI=1S/C65H114O6/c1-4-7-10-13-16-19-22-25-28-31-32-33-34-35-38-40-43-46-49-52-55-58-64(67)70-61-62(71-65(68)59-56-53-50-47-44-41-37-30-27-24-21-18-15-12-9-6-3)60-69-63(66)57-54-51-48-45-42-39-36-29-26-23-20-17-14-11-8-5-2/h21-22,24-25,29-32,34-37,62H,4-20,23,26-28,33,38-61H2,1-3H3/b24-21-,25-22-,32-31-,35-34-,36-29-,37-30-. The minimum absolute atomic E-state index is 0.0891. The van der Waals surface area contributed by atoms with E-state index in [0.29, 0.717) is 19.3 Å². The van der Waals surface area contributed by atoms with E-state index in [2.05, 4.69) is 93.7 Å². The van der Waals surface area contributed by atoms with Crippen LogP contribution >= 0.6 is 0 Å². The average Bonchev–Trinajstić information content (AvgIpc) is 3.37. The van der Waals surface area contributed by atoms with E-state index in [1.807, 2.05) is 0 Å². The summed E-state index contributed by atoms with van der Waals surface area (Å²) in [6.07, 6.45) is 76.0. The molecular weight excluding hydrogens is 877 g/mol. The molecule has 410 valence electrons. The maximum absolute atomic E-state index is 12.9. The second-order valence-electron chi connectivity index (χ2n) is 20.2. The maximum Gasteiger partial charge on any atom is 0.306 e. The minimum atomic E-state index is -0.793. The number of hydrogen-bond acceptors (Lipinski definition) is 6. The van der Waals surface area contributed by atoms with Crippen LogP contribution in [-0.4, -0.2) is 37.2 Å². The Labute approximate surface area is 440 Å². The van der Waals surface area contributed by atoms with Crippen molar-refractivity contribution in [2.24, 2.45) is 0 Å². The van der Waals surface area contributed by atoms with Gasteiger partial charge in [-0.15, -0.1) is 0 Å². The van der Waals surface area contributed by atoms with Crippen molar-refractivity contribution in [1.29, 1.82) is 0 Å². The van der Waals surface area contributed by atoms with Crippen molar-refractivity contribution in [2.45, 2.75) is 309 Å². The summed E-state index contributed by atoms with van der Waals surface area (Å²) >= 11 is 0. The topological polar surface area (TPSA) is 78.9 Å². The molecule has 1 atom stereocenters. The van der Waals surface area contributed by atoms with Gasteiger partial charge in [-0.05, 0) is 116 Å². The van der Waals surface area contributed by atoms with Gasteiger partial charge in [0.15, 0.2) is 6.10 Å². The quantitative estimate of drug-likeness (QED) is 0.0261. The third-order valence-electron chi connectivity index (χ3n) is 13.2. The van der Waals surface area contributed by atoms with Crippen molar-refractivity contribution in [3.05, 3.63) is 72.9 Å². The fourth-order valence-electron chi connectivity index (χ4n) is 8.53. The molecule has 0 saturated carbocycles. The van der Waals surface area contributed by atoms with E-state index in [9.17, 15) is 14.4 Å². The molecule has 0 aromatic rings. The lowest BCUT2D eigenvalue weighted by Crippen LogP contribution is -2.30. The number of hydrogen-bond donors (Lipinski definition) is 0. The summed E-state index contributed by atoms with van der Waals surface area (Å²) in [7, 11) is 0. The lowest BCUT2D eigenvalue weighted by molar-refractivity contribution is -0.167. The maximum atomic E-state index is 12.9. The molecule has 71 heavy (non-hydrogen) atoms. The SMILES string of the molecule is CCCCCC/C=C\C/C=C\CCCCCCCC(=O)OC(COC(=O)CCCCCCC/C=C\CCCCCCCCC)COC(=O)CCCCCCCC/C=C\C/C=C\C/C=C\CCCCCCC. The first-order chi connectivity index (χ1) is 35.0. The number of rotatable bonds is 55. The molecule has 0 bridgehead atoms. The van der Waals surface area contributed by atoms with Crippen molar-refractivity contribution >= 4 is 17.9 Å². The van der Waals surface area contributed by atoms with Gasteiger partial charge in [0.05, 0.1) is 0 Å². The van der Waals surface area contributed by atoms with Crippen LogP contribution in [0.1, 0.15) is 303 Å². The second-order valence-corrected chi connectivity index (χ2v) is 20.2. The molecule has 6 nitrogen and oxygen atoms in total. The van der Waals surface area contributed by atoms with Crippen LogP contribution in [0.15, 0.2) is 72.9 Å². The van der Waals surface area contributed by atoms with Crippen molar-refractivity contribution in [3.63, 3.8) is 0 Å². The minimum Gasteiger partial charge on any atom is -0.462 e. The Balaban J connectivity index is 4.42. The molecule has 0 N–H and O–H groups in total. The fraction of sp³-hybridized carbons (Fsp3) is 0.769. The van der Waals surface area contributed by atoms with E-state index in [-0.39, 0.29) is 31.1 Å². The van der Waals surface area contributed by atoms with E-state index in [0.717, 1.165) is 109 Å². The highest BCUT2D eigenvalue weighted by Crippen LogP contribution is 2.15. The Bertz CT molecular complexity index is 1320. The first-order valence-electron chi connectivity index (χ1n) is 30.4. The van der Waals surface area contributed by atoms with Gasteiger partial charge in [0.1, 0.15) is 13.2 Å². The molecular formula is C65H114O6. The van der Waals surface area contributed by atoms with Gasteiger partial charge in [-0.3, -0.25) is 14.4 Å². The Morgan fingerprint density at radius 3 is 0.817 bits per heavy atom. The molecule has 0 amide bonds. The molecule has 0 aliphatic heterocycles. The van der Waals surface area contributed by atoms with Gasteiger partial charge < -0.3 is 14.2 Å². The smallest absolute Gasteiger partial charge is 0.306 e. The van der Waals surface area contributed by atoms with E-state index in [1.54, 1.807) is 0 Å². The summed E-state index contributed by atoms with van der Waals surface area (Å²) in [6, 6.07) is 0. The van der Waals surface area contributed by atoms with Crippen LogP contribution in [-0.2, 0) is 28.6 Å². The number of unbranched alkanes of at least 4 members (excludes halogenated alkanes) is 32. The molecule has 0 saturated heterocycles. The predicted molar refractivity (Wildman–Crippen MR) is 307 cm³/mol. The fourth-order valence-corrected chi connectivity index (χ4v) is 8.53. The van der Waals surface area contributed by atoms with Crippen LogP contribution in [0.3, 0.4) is 0 Å². The number of ether oxygens (including phenoxy) is 3. The summed E-state index contributed by atoms with van der Waals surface area (Å²) in [4.78, 5) is 38.2. The van der Waals surface area contributed by atoms with Gasteiger partial charge in [-0.25, -0.2) is 0 Å². The van der Waals surface area contributed by atoms with Crippen LogP contribution in [0.5, 0.6) is 0 Å². The average molecular weight is 992 g/mol. The molecule has 0 aromatic carbocycles. The molecule has 0 aromatic heterocycles. The molecule has 1 unspecified atom stereocenters. The normalized spacial score (nSPS) is 12.5. The lowest BCUT2D eigenvalue weighted by Gasteiger charge is -2.18. The predicted octanol–water partition coefficient (Wildman–Crippen LogP) is 20.5. The summed E-state index contributed by atoms with van der Waals surface area (Å²) in [5, 5.41) is 0. The summed E-state index contributed by atoms with van der Waals surface area (Å²) in [6.45, 7) is 6.60. The Morgan fingerprint density at radius 2 is 0.507 bits per heavy atom. The molecule has 0 spiro atoms. The van der Waals surface area contributed by atoms with Gasteiger partial charge in [-0.2, -0.15) is 0 Å². The van der Waals surface area contributed by atoms with Gasteiger partial charge >= 0.3 is 17.9 Å². The van der Waals surface area contributed by atoms with Gasteiger partial charge in [-0.1, -0.05) is 241 Å². The van der Waals surface area contributed by atoms with Crippen LogP contribution in [0.2, 0.25) is 0 Å². The molecule has 0 rings (SSSR count). The Hall–Kier alpha value is -3.15. The first kappa shape index (κ1) is 67.8. The summed E-state index contributed by atoms with van der Waals surface area (Å²) in [5.41, 5.74) is 0. The van der Waals surface area contributed by atoms with Crippen molar-refractivity contribution in [2.75, 3.05) is 13.2 Å². The highest BCUT2D eigenvalue weighted by atomic mass is 16.6. The number of esters is 3. The number of carbonyl (C=O) groups is 3. The van der Waals surface area contributed by atoms with E-state index in [1.165, 1.54) is 154 Å². The molecule has 0 radical (unpaired) electrons. The van der Waals surface area contributed by atoms with Crippen LogP contribution in [0.25, 0.3) is 0 Å². The highest BCUT2D eigenvalue weighted by molar-refractivity contribution is 5.71. The molecule has 0 heterocycles. The van der Waals surface area contributed by atoms with Gasteiger partial charge in [0, 0.05) is 19.3 Å². The van der Waals surface area contributed by atoms with E-state index in [4.69, 9.17) is 14.2 Å². The van der Waals surface area contributed by atoms with Crippen molar-refractivity contribution in [1.82, 2.24) is 0 Å². The number of allylic oxidation sites excluding steroid dienone is 12. The molecule has 6 heteroatoms. The molecule has 0 aliphatic rings. The molecule has 0 fully saturated rings. The van der Waals surface area contributed by atoms with Gasteiger partial charge in [0.2, 0.25) is 0 Å². The van der Waals surface area contributed by atoms with Crippen LogP contribution in [0, 0.1) is 0 Å². The Kier molecular flexibility index (Phi) is 56.8.